The van der Waals surface area contributed by atoms with Gasteiger partial charge in [0.05, 0.1) is 29.7 Å². The first-order chi connectivity index (χ1) is 15.6. The maximum Gasteiger partial charge on any atom is 0.387 e. The summed E-state index contributed by atoms with van der Waals surface area (Å²) in [5.74, 6) is 6.28. The fourth-order valence-corrected chi connectivity index (χ4v) is 3.63. The molecule has 0 radical (unpaired) electrons. The largest absolute Gasteiger partial charge is 0.434 e. The molecule has 7 nitrogen and oxygen atoms in total. The van der Waals surface area contributed by atoms with Gasteiger partial charge in [-0.25, -0.2) is 15.0 Å². The average Bonchev–Trinajstić information content (AvgIpc) is 3.12. The summed E-state index contributed by atoms with van der Waals surface area (Å²) in [6.45, 7) is -2.64. The summed E-state index contributed by atoms with van der Waals surface area (Å²) >= 11 is 0. The van der Waals surface area contributed by atoms with Gasteiger partial charge in [-0.1, -0.05) is 17.9 Å². The first-order valence-electron chi connectivity index (χ1n) is 9.69. The van der Waals surface area contributed by atoms with Gasteiger partial charge in [-0.2, -0.15) is 8.78 Å². The number of aromatic nitrogens is 4. The van der Waals surface area contributed by atoms with Gasteiger partial charge >= 0.3 is 6.61 Å². The zero-order valence-corrected chi connectivity index (χ0v) is 16.5. The molecule has 0 unspecified atom stereocenters. The Balaban J connectivity index is 1.61. The van der Waals surface area contributed by atoms with Crippen LogP contribution in [-0.4, -0.2) is 32.0 Å². The van der Waals surface area contributed by atoms with E-state index >= 15 is 0 Å². The van der Waals surface area contributed by atoms with Crippen molar-refractivity contribution in [2.75, 3.05) is 0 Å². The molecule has 0 fully saturated rings. The molecule has 0 aliphatic carbocycles. The number of hydrogen-bond acceptors (Lipinski definition) is 5. The van der Waals surface area contributed by atoms with Gasteiger partial charge in [0.1, 0.15) is 17.9 Å². The van der Waals surface area contributed by atoms with Crippen LogP contribution in [0.25, 0.3) is 11.0 Å². The fourth-order valence-electron chi connectivity index (χ4n) is 3.63. The van der Waals surface area contributed by atoms with Crippen LogP contribution in [0.1, 0.15) is 32.9 Å². The van der Waals surface area contributed by atoms with Crippen LogP contribution < -0.4 is 10.1 Å². The maximum absolute atomic E-state index is 13.0. The van der Waals surface area contributed by atoms with Crippen LogP contribution in [0, 0.1) is 11.8 Å². The molecule has 5 rings (SSSR count). The molecule has 2 aromatic carbocycles. The van der Waals surface area contributed by atoms with Gasteiger partial charge in [-0.05, 0) is 30.3 Å². The number of alkyl halides is 2. The predicted octanol–water partition coefficient (Wildman–Crippen LogP) is 3.12. The summed E-state index contributed by atoms with van der Waals surface area (Å²) in [6, 6.07) is 10.1. The summed E-state index contributed by atoms with van der Waals surface area (Å²) in [6.07, 6.45) is 4.68. The molecule has 4 aromatic rings. The van der Waals surface area contributed by atoms with Gasteiger partial charge in [0.25, 0.3) is 5.91 Å². The molecule has 1 aliphatic heterocycles. The van der Waals surface area contributed by atoms with Crippen molar-refractivity contribution in [3.63, 3.8) is 0 Å². The molecule has 0 bridgehead atoms. The van der Waals surface area contributed by atoms with E-state index in [0.717, 1.165) is 11.1 Å². The molecule has 1 aliphatic rings. The minimum absolute atomic E-state index is 0.0395. The van der Waals surface area contributed by atoms with Gasteiger partial charge in [-0.3, -0.25) is 4.79 Å². The number of benzene rings is 2. The smallest absolute Gasteiger partial charge is 0.387 e. The van der Waals surface area contributed by atoms with Crippen molar-refractivity contribution in [3.05, 3.63) is 83.2 Å². The minimum Gasteiger partial charge on any atom is -0.434 e. The van der Waals surface area contributed by atoms with E-state index in [1.165, 1.54) is 18.5 Å². The van der Waals surface area contributed by atoms with Crippen LogP contribution in [0.15, 0.2) is 55.1 Å². The van der Waals surface area contributed by atoms with E-state index in [9.17, 15) is 13.6 Å². The van der Waals surface area contributed by atoms with E-state index in [1.54, 1.807) is 18.5 Å². The van der Waals surface area contributed by atoms with Crippen molar-refractivity contribution >= 4 is 16.9 Å². The van der Waals surface area contributed by atoms with Crippen LogP contribution in [-0.2, 0) is 13.1 Å². The van der Waals surface area contributed by atoms with Crippen LogP contribution in [0.2, 0.25) is 0 Å². The van der Waals surface area contributed by atoms with Crippen LogP contribution in [0.3, 0.4) is 0 Å². The molecule has 2 aromatic heterocycles. The van der Waals surface area contributed by atoms with E-state index < -0.39 is 6.61 Å². The Kier molecular flexibility index (Phi) is 4.95. The second kappa shape index (κ2) is 8.07. The number of nitrogens with one attached hydrogen (secondary N) is 1. The third kappa shape index (κ3) is 3.74. The summed E-state index contributed by atoms with van der Waals surface area (Å²) in [5, 5.41) is 2.79. The predicted molar refractivity (Wildman–Crippen MR) is 111 cm³/mol. The van der Waals surface area contributed by atoms with Gasteiger partial charge in [0.15, 0.2) is 0 Å². The minimum atomic E-state index is -3.00. The van der Waals surface area contributed by atoms with E-state index in [4.69, 9.17) is 4.74 Å². The average molecular weight is 431 g/mol. The molecule has 3 heterocycles. The van der Waals surface area contributed by atoms with E-state index in [0.29, 0.717) is 22.5 Å². The summed E-state index contributed by atoms with van der Waals surface area (Å²) in [7, 11) is 0. The monoisotopic (exact) mass is 431 g/mol. The number of ether oxygens (including phenoxy) is 1. The van der Waals surface area contributed by atoms with Crippen LogP contribution in [0.5, 0.6) is 5.75 Å². The second-order valence-corrected chi connectivity index (χ2v) is 7.04. The van der Waals surface area contributed by atoms with Crippen molar-refractivity contribution in [2.24, 2.45) is 0 Å². The standard InChI is InChI=1S/C23H15F2N5O2/c24-23(25)32-20-3-1-2-16-17(20)12-30-19-8-14(4-5-15-9-26-13-27-10-15)6-7-18(19)29-21(30)11-28-22(16)31/h1-3,6-10,13,23H,11-12H2,(H,28,31). The van der Waals surface area contributed by atoms with Gasteiger partial charge in [-0.15, -0.1) is 0 Å². The first-order valence-corrected chi connectivity index (χ1v) is 9.69. The van der Waals surface area contributed by atoms with E-state index in [1.807, 2.05) is 22.8 Å². The molecule has 32 heavy (non-hydrogen) atoms. The van der Waals surface area contributed by atoms with E-state index in [2.05, 4.69) is 32.1 Å². The second-order valence-electron chi connectivity index (χ2n) is 7.04. The summed E-state index contributed by atoms with van der Waals surface area (Å²) < 4.78 is 32.5. The Morgan fingerprint density at radius 3 is 2.72 bits per heavy atom. The van der Waals surface area contributed by atoms with Crippen LogP contribution in [0.4, 0.5) is 8.78 Å². The third-order valence-corrected chi connectivity index (χ3v) is 5.06. The van der Waals surface area contributed by atoms with Crippen molar-refractivity contribution in [1.82, 2.24) is 24.8 Å². The Morgan fingerprint density at radius 1 is 1.09 bits per heavy atom. The number of rotatable bonds is 2. The van der Waals surface area contributed by atoms with Crippen molar-refractivity contribution in [1.29, 1.82) is 0 Å². The lowest BCUT2D eigenvalue weighted by Gasteiger charge is -2.20. The highest BCUT2D eigenvalue weighted by Crippen LogP contribution is 2.29. The van der Waals surface area contributed by atoms with Gasteiger partial charge in [0, 0.05) is 29.1 Å². The zero-order valence-electron chi connectivity index (χ0n) is 16.5. The molecular formula is C23H15F2N5O2. The molecule has 1 N–H and O–H groups in total. The highest BCUT2D eigenvalue weighted by atomic mass is 19.3. The van der Waals surface area contributed by atoms with E-state index in [-0.39, 0.29) is 30.3 Å². The summed E-state index contributed by atoms with van der Waals surface area (Å²) in [5.41, 5.74) is 3.55. The molecule has 0 saturated heterocycles. The molecule has 1 amide bonds. The third-order valence-electron chi connectivity index (χ3n) is 5.06. The number of fused-ring (bicyclic) bond motifs is 4. The molecular weight excluding hydrogens is 416 g/mol. The number of amides is 1. The molecule has 0 atom stereocenters. The Hall–Kier alpha value is -4.32. The number of carbonyl (C=O) groups excluding carboxylic acids is 1. The Bertz CT molecular complexity index is 1390. The first kappa shape index (κ1) is 19.6. The topological polar surface area (TPSA) is 81.9 Å². The lowest BCUT2D eigenvalue weighted by atomic mass is 10.0. The quantitative estimate of drug-likeness (QED) is 0.493. The fraction of sp³-hybridized carbons (Fsp3) is 0.130. The Morgan fingerprint density at radius 2 is 1.91 bits per heavy atom. The van der Waals surface area contributed by atoms with Crippen molar-refractivity contribution in [3.8, 4) is 17.6 Å². The number of nitrogens with zero attached hydrogens (tertiary/aromatic N) is 4. The molecule has 0 spiro atoms. The van der Waals surface area contributed by atoms with Crippen molar-refractivity contribution in [2.45, 2.75) is 19.7 Å². The number of carbonyl (C=O) groups is 1. The SMILES string of the molecule is O=C1NCc2nc3ccc(C#Cc4cncnc4)cc3n2Cc2c(OC(F)F)cccc21. The molecule has 158 valence electrons. The van der Waals surface area contributed by atoms with Gasteiger partial charge in [0.2, 0.25) is 0 Å². The maximum atomic E-state index is 13.0. The number of hydrogen-bond donors (Lipinski definition) is 1. The Labute approximate surface area is 181 Å². The van der Waals surface area contributed by atoms with Crippen molar-refractivity contribution < 1.29 is 18.3 Å². The normalized spacial score (nSPS) is 12.8. The zero-order chi connectivity index (χ0) is 22.1. The number of halogens is 2. The highest BCUT2D eigenvalue weighted by Gasteiger charge is 2.23. The highest BCUT2D eigenvalue weighted by molar-refractivity contribution is 5.96. The summed E-state index contributed by atoms with van der Waals surface area (Å²) in [4.78, 5) is 25.1. The van der Waals surface area contributed by atoms with Crippen LogP contribution >= 0.6 is 0 Å². The molecule has 9 heteroatoms. The lowest BCUT2D eigenvalue weighted by Crippen LogP contribution is -2.29. The molecule has 0 saturated carbocycles. The lowest BCUT2D eigenvalue weighted by molar-refractivity contribution is -0.0505. The number of imidazole rings is 1. The van der Waals surface area contributed by atoms with Gasteiger partial charge < -0.3 is 14.6 Å².